The van der Waals surface area contributed by atoms with E-state index in [1.54, 1.807) is 12.1 Å². The van der Waals surface area contributed by atoms with Gasteiger partial charge in [0, 0.05) is 35.9 Å². The van der Waals surface area contributed by atoms with E-state index in [4.69, 9.17) is 4.42 Å². The summed E-state index contributed by atoms with van der Waals surface area (Å²) in [5.41, 5.74) is 4.57. The summed E-state index contributed by atoms with van der Waals surface area (Å²) in [7, 11) is 0. The van der Waals surface area contributed by atoms with Gasteiger partial charge in [-0.05, 0) is 28.8 Å². The second-order valence-electron chi connectivity index (χ2n) is 7.52. The Hall–Kier alpha value is -4.91. The summed E-state index contributed by atoms with van der Waals surface area (Å²) < 4.78 is 7.87. The van der Waals surface area contributed by atoms with E-state index in [9.17, 15) is 10.1 Å². The number of hydrogen-bond acceptors (Lipinski definition) is 5. The van der Waals surface area contributed by atoms with E-state index in [1.165, 1.54) is 12.1 Å². The molecule has 2 heterocycles. The Morgan fingerprint density at radius 2 is 1.38 bits per heavy atom. The maximum absolute atomic E-state index is 10.9. The summed E-state index contributed by atoms with van der Waals surface area (Å²) in [6.45, 7) is 0. The lowest BCUT2D eigenvalue weighted by Crippen LogP contribution is -2.31. The molecule has 0 bridgehead atoms. The molecule has 2 aromatic heterocycles. The number of nitro benzene ring substituents is 1. The minimum atomic E-state index is -0.445. The fourth-order valence-electron chi connectivity index (χ4n) is 3.54. The third-order valence-corrected chi connectivity index (χ3v) is 5.28. The predicted molar refractivity (Wildman–Crippen MR) is 128 cm³/mol. The van der Waals surface area contributed by atoms with Gasteiger partial charge in [0.2, 0.25) is 5.89 Å². The number of non-ortho nitro benzene ring substituents is 1. The maximum Gasteiger partial charge on any atom is 0.314 e. The smallest absolute Gasteiger partial charge is 0.314 e. The Bertz CT molecular complexity index is 1440. The van der Waals surface area contributed by atoms with Crippen molar-refractivity contribution in [2.45, 2.75) is 0 Å². The van der Waals surface area contributed by atoms with Crippen molar-refractivity contribution in [2.75, 3.05) is 0 Å². The van der Waals surface area contributed by atoms with Crippen LogP contribution in [-0.2, 0) is 0 Å². The lowest BCUT2D eigenvalue weighted by molar-refractivity contribution is -0.579. The van der Waals surface area contributed by atoms with Crippen molar-refractivity contribution in [2.24, 2.45) is 0 Å². The molecule has 0 N–H and O–H groups in total. The zero-order valence-electron chi connectivity index (χ0n) is 18.0. The zero-order chi connectivity index (χ0) is 23.3. The molecule has 0 amide bonds. The van der Waals surface area contributed by atoms with Gasteiger partial charge in [-0.25, -0.2) is 0 Å². The molecule has 3 aromatic carbocycles. The topological polar surface area (TPSA) is 85.9 Å². The number of nitrogens with zero attached hydrogens (tertiary/aromatic N) is 4. The summed E-state index contributed by atoms with van der Waals surface area (Å²) >= 11 is 0. The Morgan fingerprint density at radius 3 is 2.06 bits per heavy atom. The zero-order valence-corrected chi connectivity index (χ0v) is 18.0. The van der Waals surface area contributed by atoms with E-state index >= 15 is 0 Å². The van der Waals surface area contributed by atoms with Crippen molar-refractivity contribution in [3.8, 4) is 22.6 Å². The molecule has 0 aliphatic heterocycles. The second kappa shape index (κ2) is 9.30. The van der Waals surface area contributed by atoms with Crippen molar-refractivity contribution >= 4 is 17.5 Å². The standard InChI is InChI=1S/C27H19N4O3/c32-31(33)24-15-13-23(14-16-24)26-28-29-27(34-26)25(30-17-5-2-6-18-30)19-20-9-11-22(12-10-20)21-7-3-1-4-8-21/h1-19H/q+1/b25-19+. The first-order chi connectivity index (χ1) is 16.7. The van der Waals surface area contributed by atoms with Gasteiger partial charge in [-0.1, -0.05) is 60.7 Å². The number of pyridine rings is 1. The van der Waals surface area contributed by atoms with Crippen molar-refractivity contribution in [1.29, 1.82) is 0 Å². The van der Waals surface area contributed by atoms with Gasteiger partial charge in [0.15, 0.2) is 12.4 Å². The van der Waals surface area contributed by atoms with E-state index in [1.807, 2.05) is 71.6 Å². The molecule has 5 rings (SSSR count). The van der Waals surface area contributed by atoms with Gasteiger partial charge < -0.3 is 4.42 Å². The molecule has 5 aromatic rings. The monoisotopic (exact) mass is 447 g/mol. The van der Waals surface area contributed by atoms with E-state index in [-0.39, 0.29) is 11.6 Å². The first-order valence-corrected chi connectivity index (χ1v) is 10.6. The predicted octanol–water partition coefficient (Wildman–Crippen LogP) is 5.65. The maximum atomic E-state index is 10.9. The van der Waals surface area contributed by atoms with Crippen LogP contribution in [0.4, 0.5) is 5.69 Å². The summed E-state index contributed by atoms with van der Waals surface area (Å²) in [6, 6.07) is 30.2. The molecular weight excluding hydrogens is 428 g/mol. The molecular formula is C27H19N4O3+. The third-order valence-electron chi connectivity index (χ3n) is 5.28. The molecule has 0 aliphatic carbocycles. The van der Waals surface area contributed by atoms with E-state index in [2.05, 4.69) is 34.5 Å². The molecule has 7 heteroatoms. The number of nitro groups is 1. The summed E-state index contributed by atoms with van der Waals surface area (Å²) in [4.78, 5) is 10.5. The SMILES string of the molecule is O=[N+]([O-])c1ccc(-c2nnc(/C(=C\c3ccc(-c4ccccc4)cc3)[n+]3ccccc3)o2)cc1. The minimum absolute atomic E-state index is 0.00265. The summed E-state index contributed by atoms with van der Waals surface area (Å²) in [6.07, 6.45) is 5.78. The van der Waals surface area contributed by atoms with Crippen molar-refractivity contribution in [1.82, 2.24) is 10.2 Å². The van der Waals surface area contributed by atoms with E-state index in [0.29, 0.717) is 17.2 Å². The lowest BCUT2D eigenvalue weighted by Gasteiger charge is -2.02. The van der Waals surface area contributed by atoms with Crippen LogP contribution in [0.2, 0.25) is 0 Å². The Balaban J connectivity index is 1.50. The Kier molecular flexibility index (Phi) is 5.73. The van der Waals surface area contributed by atoms with Gasteiger partial charge >= 0.3 is 5.89 Å². The fourth-order valence-corrected chi connectivity index (χ4v) is 3.54. The van der Waals surface area contributed by atoms with Crippen LogP contribution in [0.1, 0.15) is 11.5 Å². The summed E-state index contributed by atoms with van der Waals surface area (Å²) in [5, 5.41) is 19.3. The molecule has 0 radical (unpaired) electrons. The molecule has 164 valence electrons. The highest BCUT2D eigenvalue weighted by Gasteiger charge is 2.21. The molecule has 0 saturated carbocycles. The first-order valence-electron chi connectivity index (χ1n) is 10.6. The van der Waals surface area contributed by atoms with Crippen LogP contribution in [0.25, 0.3) is 34.4 Å². The van der Waals surface area contributed by atoms with Crippen LogP contribution >= 0.6 is 0 Å². The average Bonchev–Trinajstić information content (AvgIpc) is 3.39. The minimum Gasteiger partial charge on any atom is -0.411 e. The normalized spacial score (nSPS) is 11.4. The molecule has 0 aliphatic rings. The number of hydrogen-bond donors (Lipinski definition) is 0. The van der Waals surface area contributed by atoms with Gasteiger partial charge in [0.1, 0.15) is 0 Å². The van der Waals surface area contributed by atoms with Gasteiger partial charge in [-0.15, -0.1) is 10.2 Å². The highest BCUT2D eigenvalue weighted by atomic mass is 16.6. The van der Waals surface area contributed by atoms with Crippen LogP contribution in [0.15, 0.2) is 114 Å². The van der Waals surface area contributed by atoms with Crippen molar-refractivity contribution in [3.05, 3.63) is 131 Å². The van der Waals surface area contributed by atoms with Crippen LogP contribution in [-0.4, -0.2) is 15.1 Å². The van der Waals surface area contributed by atoms with Gasteiger partial charge in [0.25, 0.3) is 11.4 Å². The van der Waals surface area contributed by atoms with Gasteiger partial charge in [-0.3, -0.25) is 10.1 Å². The number of aromatic nitrogens is 3. The highest BCUT2D eigenvalue weighted by molar-refractivity contribution is 5.74. The van der Waals surface area contributed by atoms with Crippen LogP contribution < -0.4 is 4.57 Å². The summed E-state index contributed by atoms with van der Waals surface area (Å²) in [5.74, 6) is 0.614. The molecule has 0 unspecified atom stereocenters. The molecule has 0 fully saturated rings. The molecule has 7 nitrogen and oxygen atoms in total. The van der Waals surface area contributed by atoms with Crippen molar-refractivity contribution in [3.63, 3.8) is 0 Å². The molecule has 0 spiro atoms. The van der Waals surface area contributed by atoms with Crippen LogP contribution in [0.5, 0.6) is 0 Å². The Labute approximate surface area is 195 Å². The molecule has 34 heavy (non-hydrogen) atoms. The van der Waals surface area contributed by atoms with E-state index < -0.39 is 4.92 Å². The quantitative estimate of drug-likeness (QED) is 0.191. The Morgan fingerprint density at radius 1 is 0.765 bits per heavy atom. The number of benzene rings is 3. The largest absolute Gasteiger partial charge is 0.411 e. The van der Waals surface area contributed by atoms with E-state index in [0.717, 1.165) is 16.7 Å². The van der Waals surface area contributed by atoms with Crippen LogP contribution in [0.3, 0.4) is 0 Å². The second-order valence-corrected chi connectivity index (χ2v) is 7.52. The highest BCUT2D eigenvalue weighted by Crippen LogP contribution is 2.25. The average molecular weight is 447 g/mol. The van der Waals surface area contributed by atoms with Crippen LogP contribution in [0, 0.1) is 10.1 Å². The first kappa shape index (κ1) is 21.0. The third kappa shape index (κ3) is 4.49. The van der Waals surface area contributed by atoms with Gasteiger partial charge in [-0.2, -0.15) is 4.57 Å². The lowest BCUT2D eigenvalue weighted by atomic mass is 10.0. The fraction of sp³-hybridized carbons (Fsp3) is 0. The van der Waals surface area contributed by atoms with Crippen molar-refractivity contribution < 1.29 is 13.9 Å². The molecule has 0 atom stereocenters. The molecule has 0 saturated heterocycles. The van der Waals surface area contributed by atoms with Gasteiger partial charge in [0.05, 0.1) is 4.92 Å². The number of rotatable bonds is 6.